The van der Waals surface area contributed by atoms with Crippen LogP contribution in [0.3, 0.4) is 0 Å². The van der Waals surface area contributed by atoms with E-state index < -0.39 is 30.2 Å². The van der Waals surface area contributed by atoms with Crippen LogP contribution in [0.2, 0.25) is 0 Å². The lowest BCUT2D eigenvalue weighted by Gasteiger charge is -2.11. The fourth-order valence-corrected chi connectivity index (χ4v) is 1.37. The maximum atomic E-state index is 11.5. The Kier molecular flexibility index (Phi) is 4.27. The van der Waals surface area contributed by atoms with E-state index in [0.717, 1.165) is 0 Å². The van der Waals surface area contributed by atoms with Crippen LogP contribution in [0.25, 0.3) is 0 Å². The zero-order valence-electron chi connectivity index (χ0n) is 8.47. The maximum absolute atomic E-state index is 11.5. The Hall–Kier alpha value is -1.83. The van der Waals surface area contributed by atoms with Crippen molar-refractivity contribution >= 4 is 33.7 Å². The summed E-state index contributed by atoms with van der Waals surface area (Å²) in [5.74, 6) is -2.96. The average Bonchev–Trinajstić information content (AvgIpc) is 2.63. The van der Waals surface area contributed by atoms with Gasteiger partial charge in [0.25, 0.3) is 5.91 Å². The number of carbonyl (C=O) groups is 3. The average molecular weight is 305 g/mol. The largest absolute Gasteiger partial charge is 0.480 e. The number of furan rings is 1. The number of halogens is 1. The van der Waals surface area contributed by atoms with Gasteiger partial charge < -0.3 is 20.6 Å². The third-order valence-electron chi connectivity index (χ3n) is 1.81. The number of primary amides is 1. The number of hydrogen-bond donors (Lipinski definition) is 3. The topological polar surface area (TPSA) is 123 Å². The van der Waals surface area contributed by atoms with E-state index in [9.17, 15) is 14.4 Å². The van der Waals surface area contributed by atoms with Gasteiger partial charge in [-0.3, -0.25) is 9.59 Å². The molecule has 1 rings (SSSR count). The van der Waals surface area contributed by atoms with Crippen LogP contribution < -0.4 is 11.1 Å². The molecule has 0 aliphatic carbocycles. The van der Waals surface area contributed by atoms with Gasteiger partial charge in [0, 0.05) is 0 Å². The molecular formula is C9H9BrN2O5. The quantitative estimate of drug-likeness (QED) is 0.712. The second kappa shape index (κ2) is 5.48. The lowest BCUT2D eigenvalue weighted by Crippen LogP contribution is -2.43. The maximum Gasteiger partial charge on any atom is 0.326 e. The molecule has 0 bridgehead atoms. The van der Waals surface area contributed by atoms with Crippen LogP contribution in [-0.2, 0) is 9.59 Å². The Morgan fingerprint density at radius 3 is 2.53 bits per heavy atom. The van der Waals surface area contributed by atoms with Crippen molar-refractivity contribution in [2.24, 2.45) is 5.73 Å². The van der Waals surface area contributed by atoms with Crippen molar-refractivity contribution in [2.75, 3.05) is 0 Å². The summed E-state index contributed by atoms with van der Waals surface area (Å²) < 4.78 is 5.26. The number of carboxylic acids is 1. The first-order valence-corrected chi connectivity index (χ1v) is 5.26. The summed E-state index contributed by atoms with van der Waals surface area (Å²) in [5, 5.41) is 10.9. The van der Waals surface area contributed by atoms with Crippen molar-refractivity contribution in [3.05, 3.63) is 22.6 Å². The summed E-state index contributed by atoms with van der Waals surface area (Å²) in [4.78, 5) is 32.9. The molecule has 0 fully saturated rings. The molecule has 8 heteroatoms. The van der Waals surface area contributed by atoms with Crippen molar-refractivity contribution in [1.29, 1.82) is 0 Å². The highest BCUT2D eigenvalue weighted by molar-refractivity contribution is 9.10. The first-order valence-electron chi connectivity index (χ1n) is 4.47. The summed E-state index contributed by atoms with van der Waals surface area (Å²) in [6.07, 6.45) is -0.483. The molecule has 1 atom stereocenters. The molecule has 0 spiro atoms. The number of hydrogen-bond acceptors (Lipinski definition) is 4. The molecule has 1 unspecified atom stereocenters. The number of nitrogens with one attached hydrogen (secondary N) is 1. The van der Waals surface area contributed by atoms with Gasteiger partial charge in [-0.15, -0.1) is 0 Å². The third-order valence-corrected chi connectivity index (χ3v) is 2.23. The van der Waals surface area contributed by atoms with Crippen LogP contribution in [0.5, 0.6) is 0 Å². The van der Waals surface area contributed by atoms with Crippen LogP contribution >= 0.6 is 15.9 Å². The zero-order valence-corrected chi connectivity index (χ0v) is 10.1. The molecule has 0 aliphatic rings. The van der Waals surface area contributed by atoms with Gasteiger partial charge in [-0.25, -0.2) is 4.79 Å². The monoisotopic (exact) mass is 304 g/mol. The minimum Gasteiger partial charge on any atom is -0.480 e. The molecule has 0 aromatic carbocycles. The van der Waals surface area contributed by atoms with Crippen LogP contribution in [0.15, 0.2) is 21.2 Å². The fourth-order valence-electron chi connectivity index (χ4n) is 1.07. The summed E-state index contributed by atoms with van der Waals surface area (Å²) >= 11 is 3.00. The molecule has 17 heavy (non-hydrogen) atoms. The molecule has 1 aromatic heterocycles. The van der Waals surface area contributed by atoms with Gasteiger partial charge in [-0.2, -0.15) is 0 Å². The Balaban J connectivity index is 2.70. The first-order chi connectivity index (χ1) is 7.90. The number of amides is 2. The second-order valence-corrected chi connectivity index (χ2v) is 3.92. The van der Waals surface area contributed by atoms with Crippen molar-refractivity contribution in [1.82, 2.24) is 5.32 Å². The van der Waals surface area contributed by atoms with Crippen molar-refractivity contribution in [3.8, 4) is 0 Å². The van der Waals surface area contributed by atoms with Gasteiger partial charge in [0.2, 0.25) is 5.91 Å². The third kappa shape index (κ3) is 3.91. The van der Waals surface area contributed by atoms with E-state index in [2.05, 4.69) is 21.2 Å². The molecule has 1 heterocycles. The number of rotatable bonds is 5. The number of aliphatic carboxylic acids is 1. The molecule has 0 saturated carbocycles. The van der Waals surface area contributed by atoms with Gasteiger partial charge in [0.15, 0.2) is 10.4 Å². The predicted molar refractivity (Wildman–Crippen MR) is 59.1 cm³/mol. The van der Waals surface area contributed by atoms with Crippen molar-refractivity contribution < 1.29 is 23.9 Å². The Labute approximate surface area is 104 Å². The number of carbonyl (C=O) groups excluding carboxylic acids is 2. The van der Waals surface area contributed by atoms with Crippen LogP contribution in [0, 0.1) is 0 Å². The summed E-state index contributed by atoms with van der Waals surface area (Å²) in [5.41, 5.74) is 4.87. The van der Waals surface area contributed by atoms with Gasteiger partial charge in [0.05, 0.1) is 6.42 Å². The van der Waals surface area contributed by atoms with E-state index in [1.54, 1.807) is 0 Å². The number of nitrogens with two attached hydrogens (primary N) is 1. The normalized spacial score (nSPS) is 11.8. The molecule has 4 N–H and O–H groups in total. The highest BCUT2D eigenvalue weighted by Crippen LogP contribution is 2.14. The van der Waals surface area contributed by atoms with E-state index in [1.807, 2.05) is 0 Å². The molecule has 0 aliphatic heterocycles. The van der Waals surface area contributed by atoms with Crippen molar-refractivity contribution in [3.63, 3.8) is 0 Å². The van der Waals surface area contributed by atoms with Gasteiger partial charge >= 0.3 is 5.97 Å². The SMILES string of the molecule is NC(=O)CC(NC(=O)c1ccc(Br)o1)C(=O)O. The van der Waals surface area contributed by atoms with Crippen LogP contribution in [0.1, 0.15) is 17.0 Å². The molecule has 0 radical (unpaired) electrons. The lowest BCUT2D eigenvalue weighted by molar-refractivity contribution is -0.140. The van der Waals surface area contributed by atoms with Gasteiger partial charge in [0.1, 0.15) is 6.04 Å². The molecule has 1 aromatic rings. The van der Waals surface area contributed by atoms with E-state index in [0.29, 0.717) is 4.67 Å². The van der Waals surface area contributed by atoms with E-state index in [4.69, 9.17) is 15.3 Å². The molecule has 7 nitrogen and oxygen atoms in total. The fraction of sp³-hybridized carbons (Fsp3) is 0.222. The van der Waals surface area contributed by atoms with Crippen LogP contribution in [-0.4, -0.2) is 28.9 Å². The molecule has 92 valence electrons. The molecule has 2 amide bonds. The van der Waals surface area contributed by atoms with Gasteiger partial charge in [-0.05, 0) is 28.1 Å². The highest BCUT2D eigenvalue weighted by atomic mass is 79.9. The van der Waals surface area contributed by atoms with E-state index in [-0.39, 0.29) is 5.76 Å². The smallest absolute Gasteiger partial charge is 0.326 e. The minimum atomic E-state index is -1.37. The summed E-state index contributed by atoms with van der Waals surface area (Å²) in [6, 6.07) is 1.48. The van der Waals surface area contributed by atoms with E-state index in [1.165, 1.54) is 12.1 Å². The number of carboxylic acid groups (broad SMARTS) is 1. The Bertz CT molecular complexity index is 456. The second-order valence-electron chi connectivity index (χ2n) is 3.14. The minimum absolute atomic E-state index is 0.0624. The van der Waals surface area contributed by atoms with Crippen LogP contribution in [0.4, 0.5) is 0 Å². The summed E-state index contributed by atoms with van der Waals surface area (Å²) in [6.45, 7) is 0. The molecule has 0 saturated heterocycles. The van der Waals surface area contributed by atoms with E-state index >= 15 is 0 Å². The molecular weight excluding hydrogens is 296 g/mol. The Morgan fingerprint density at radius 1 is 1.47 bits per heavy atom. The summed E-state index contributed by atoms with van der Waals surface area (Å²) in [7, 11) is 0. The standard InChI is InChI=1S/C9H9BrN2O5/c10-6-2-1-5(17-6)8(14)12-4(9(15)16)3-7(11)13/h1-2,4H,3H2,(H2,11,13)(H,12,14)(H,15,16). The highest BCUT2D eigenvalue weighted by Gasteiger charge is 2.23. The lowest BCUT2D eigenvalue weighted by atomic mass is 10.2. The first kappa shape index (κ1) is 13.2. The predicted octanol–water partition coefficient (Wildman–Crippen LogP) is 0.100. The Morgan fingerprint density at radius 2 is 2.12 bits per heavy atom. The zero-order chi connectivity index (χ0) is 13.0. The van der Waals surface area contributed by atoms with Gasteiger partial charge in [-0.1, -0.05) is 0 Å². The van der Waals surface area contributed by atoms with Crippen molar-refractivity contribution in [2.45, 2.75) is 12.5 Å².